The van der Waals surface area contributed by atoms with Crippen molar-refractivity contribution < 1.29 is 14.1 Å². The average molecular weight is 502 g/mol. The van der Waals surface area contributed by atoms with Crippen molar-refractivity contribution in [1.29, 1.82) is 0 Å². The number of piperidine rings is 1. The highest BCUT2D eigenvalue weighted by molar-refractivity contribution is 5.92. The van der Waals surface area contributed by atoms with Crippen LogP contribution in [0.2, 0.25) is 0 Å². The highest BCUT2D eigenvalue weighted by atomic mass is 16.5. The SMILES string of the molecule is NC(=O)c1cccc(Cc2noc(C3CCN(CC[C@H](NC(=O)C4CCC4)c4ccccc4)CC3)n2)c1. The lowest BCUT2D eigenvalue weighted by Crippen LogP contribution is -2.39. The monoisotopic (exact) mass is 501 g/mol. The molecule has 5 rings (SSSR count). The molecule has 3 aromatic rings. The number of primary amides is 1. The van der Waals surface area contributed by atoms with E-state index in [1.54, 1.807) is 12.1 Å². The normalized spacial score (nSPS) is 17.7. The molecule has 1 saturated carbocycles. The topological polar surface area (TPSA) is 114 Å². The second-order valence-electron chi connectivity index (χ2n) is 10.3. The quantitative estimate of drug-likeness (QED) is 0.434. The zero-order valence-corrected chi connectivity index (χ0v) is 21.1. The number of benzene rings is 2. The molecule has 2 aliphatic rings. The number of likely N-dealkylation sites (tertiary alicyclic amines) is 1. The molecule has 8 heteroatoms. The number of aromatic nitrogens is 2. The third-order valence-corrected chi connectivity index (χ3v) is 7.72. The minimum absolute atomic E-state index is 0.0404. The van der Waals surface area contributed by atoms with Gasteiger partial charge in [0.15, 0.2) is 5.82 Å². The van der Waals surface area contributed by atoms with Crippen molar-refractivity contribution >= 4 is 11.8 Å². The van der Waals surface area contributed by atoms with E-state index in [0.29, 0.717) is 23.7 Å². The first-order valence-electron chi connectivity index (χ1n) is 13.3. The van der Waals surface area contributed by atoms with Crippen LogP contribution in [0.4, 0.5) is 0 Å². The molecule has 2 aromatic carbocycles. The Morgan fingerprint density at radius 3 is 2.54 bits per heavy atom. The molecule has 1 aliphatic heterocycles. The number of amides is 2. The number of nitrogens with one attached hydrogen (secondary N) is 1. The van der Waals surface area contributed by atoms with E-state index in [1.165, 1.54) is 5.56 Å². The molecule has 1 saturated heterocycles. The van der Waals surface area contributed by atoms with E-state index >= 15 is 0 Å². The summed E-state index contributed by atoms with van der Waals surface area (Å²) < 4.78 is 5.61. The number of hydrogen-bond acceptors (Lipinski definition) is 6. The molecule has 0 spiro atoms. The standard InChI is InChI=1S/C29H35N5O3/c30-27(35)24-11-4-6-20(18-24)19-26-32-29(37-33-26)23-12-15-34(16-13-23)17-14-25(21-7-2-1-3-8-21)31-28(36)22-9-5-10-22/h1-4,6-8,11,18,22-23,25H,5,9-10,12-17,19H2,(H2,30,35)(H,31,36)/t25-/m0/s1. The number of rotatable bonds is 10. The van der Waals surface area contributed by atoms with E-state index in [-0.39, 0.29) is 23.8 Å². The predicted octanol–water partition coefficient (Wildman–Crippen LogP) is 3.99. The molecule has 2 amide bonds. The Bertz CT molecular complexity index is 1200. The maximum atomic E-state index is 12.7. The summed E-state index contributed by atoms with van der Waals surface area (Å²) >= 11 is 0. The van der Waals surface area contributed by atoms with Crippen molar-refractivity contribution in [2.75, 3.05) is 19.6 Å². The van der Waals surface area contributed by atoms with Crippen LogP contribution in [-0.2, 0) is 11.2 Å². The number of hydrogen-bond donors (Lipinski definition) is 2. The van der Waals surface area contributed by atoms with Crippen molar-refractivity contribution in [2.24, 2.45) is 11.7 Å². The molecule has 0 bridgehead atoms. The van der Waals surface area contributed by atoms with Gasteiger partial charge < -0.3 is 20.5 Å². The lowest BCUT2D eigenvalue weighted by atomic mass is 9.84. The zero-order valence-electron chi connectivity index (χ0n) is 21.1. The van der Waals surface area contributed by atoms with Gasteiger partial charge >= 0.3 is 0 Å². The van der Waals surface area contributed by atoms with Crippen molar-refractivity contribution in [3.63, 3.8) is 0 Å². The Morgan fingerprint density at radius 1 is 1.05 bits per heavy atom. The minimum Gasteiger partial charge on any atom is -0.366 e. The Labute approximate surface area is 217 Å². The van der Waals surface area contributed by atoms with Crippen LogP contribution in [0, 0.1) is 5.92 Å². The minimum atomic E-state index is -0.446. The molecule has 1 aliphatic carbocycles. The summed E-state index contributed by atoms with van der Waals surface area (Å²) in [7, 11) is 0. The van der Waals surface area contributed by atoms with Crippen LogP contribution >= 0.6 is 0 Å². The maximum Gasteiger partial charge on any atom is 0.248 e. The summed E-state index contributed by atoms with van der Waals surface area (Å²) in [5.74, 6) is 1.50. The highest BCUT2D eigenvalue weighted by Crippen LogP contribution is 2.30. The van der Waals surface area contributed by atoms with Gasteiger partial charge in [-0.3, -0.25) is 9.59 Å². The Morgan fingerprint density at radius 2 is 1.84 bits per heavy atom. The number of nitrogens with zero attached hydrogens (tertiary/aromatic N) is 3. The molecule has 8 nitrogen and oxygen atoms in total. The van der Waals surface area contributed by atoms with Crippen LogP contribution in [0.15, 0.2) is 59.1 Å². The third-order valence-electron chi connectivity index (χ3n) is 7.72. The summed E-state index contributed by atoms with van der Waals surface area (Å²) in [5, 5.41) is 7.49. The molecule has 2 fully saturated rings. The van der Waals surface area contributed by atoms with E-state index in [0.717, 1.165) is 63.7 Å². The second kappa shape index (κ2) is 11.7. The van der Waals surface area contributed by atoms with Crippen molar-refractivity contribution in [1.82, 2.24) is 20.4 Å². The van der Waals surface area contributed by atoms with Gasteiger partial charge in [0.1, 0.15) is 0 Å². The number of nitrogens with two attached hydrogens (primary N) is 1. The molecule has 1 atom stereocenters. The van der Waals surface area contributed by atoms with Crippen LogP contribution in [0.25, 0.3) is 0 Å². The number of carbonyl (C=O) groups is 2. The average Bonchev–Trinajstić information content (AvgIpc) is 3.35. The molecule has 194 valence electrons. The van der Waals surface area contributed by atoms with Crippen molar-refractivity contribution in [3.05, 3.63) is 83.0 Å². The van der Waals surface area contributed by atoms with Gasteiger partial charge in [-0.25, -0.2) is 0 Å². The fourth-order valence-electron chi connectivity index (χ4n) is 5.20. The van der Waals surface area contributed by atoms with Crippen LogP contribution in [0.1, 0.15) is 83.7 Å². The molecule has 1 aromatic heterocycles. The molecule has 37 heavy (non-hydrogen) atoms. The van der Waals surface area contributed by atoms with E-state index < -0.39 is 5.91 Å². The smallest absolute Gasteiger partial charge is 0.248 e. The van der Waals surface area contributed by atoms with E-state index in [2.05, 4.69) is 32.5 Å². The Kier molecular flexibility index (Phi) is 7.94. The predicted molar refractivity (Wildman–Crippen MR) is 140 cm³/mol. The lowest BCUT2D eigenvalue weighted by Gasteiger charge is -2.32. The Hall–Kier alpha value is -3.52. The molecule has 3 N–H and O–H groups in total. The fourth-order valence-corrected chi connectivity index (χ4v) is 5.20. The first-order valence-corrected chi connectivity index (χ1v) is 13.3. The van der Waals surface area contributed by atoms with E-state index in [4.69, 9.17) is 10.3 Å². The van der Waals surface area contributed by atoms with Crippen LogP contribution in [0.5, 0.6) is 0 Å². The fraction of sp³-hybridized carbons (Fsp3) is 0.448. The van der Waals surface area contributed by atoms with E-state index in [1.807, 2.05) is 30.3 Å². The summed E-state index contributed by atoms with van der Waals surface area (Å²) in [4.78, 5) is 31.2. The van der Waals surface area contributed by atoms with Gasteiger partial charge in [-0.05, 0) is 68.5 Å². The van der Waals surface area contributed by atoms with Gasteiger partial charge in [0, 0.05) is 30.4 Å². The molecule has 2 heterocycles. The molecule has 0 radical (unpaired) electrons. The largest absolute Gasteiger partial charge is 0.366 e. The molecular formula is C29H35N5O3. The Balaban J connectivity index is 1.12. The van der Waals surface area contributed by atoms with Gasteiger partial charge in [0.05, 0.1) is 6.04 Å². The molecular weight excluding hydrogens is 466 g/mol. The van der Waals surface area contributed by atoms with Crippen LogP contribution in [-0.4, -0.2) is 46.5 Å². The molecule has 0 unspecified atom stereocenters. The van der Waals surface area contributed by atoms with E-state index in [9.17, 15) is 9.59 Å². The van der Waals surface area contributed by atoms with Gasteiger partial charge in [-0.2, -0.15) is 4.98 Å². The second-order valence-corrected chi connectivity index (χ2v) is 10.3. The first kappa shape index (κ1) is 25.1. The summed E-state index contributed by atoms with van der Waals surface area (Å²) in [6.45, 7) is 2.85. The first-order chi connectivity index (χ1) is 18.0. The summed E-state index contributed by atoms with van der Waals surface area (Å²) in [6.07, 6.45) is 6.49. The van der Waals surface area contributed by atoms with Crippen molar-refractivity contribution in [2.45, 2.75) is 56.9 Å². The van der Waals surface area contributed by atoms with Gasteiger partial charge in [-0.1, -0.05) is 54.0 Å². The zero-order chi connectivity index (χ0) is 25.6. The van der Waals surface area contributed by atoms with Gasteiger partial charge in [0.25, 0.3) is 0 Å². The summed E-state index contributed by atoms with van der Waals surface area (Å²) in [5.41, 5.74) is 7.96. The van der Waals surface area contributed by atoms with Gasteiger partial charge in [-0.15, -0.1) is 0 Å². The lowest BCUT2D eigenvalue weighted by molar-refractivity contribution is -0.128. The van der Waals surface area contributed by atoms with Crippen LogP contribution < -0.4 is 11.1 Å². The van der Waals surface area contributed by atoms with Crippen LogP contribution in [0.3, 0.4) is 0 Å². The third kappa shape index (κ3) is 6.43. The van der Waals surface area contributed by atoms with Gasteiger partial charge in [0.2, 0.25) is 17.7 Å². The highest BCUT2D eigenvalue weighted by Gasteiger charge is 2.29. The maximum absolute atomic E-state index is 12.7. The van der Waals surface area contributed by atoms with Crippen molar-refractivity contribution in [3.8, 4) is 0 Å². The summed E-state index contributed by atoms with van der Waals surface area (Å²) in [6, 6.07) is 17.6. The number of carbonyl (C=O) groups excluding carboxylic acids is 2.